The lowest BCUT2D eigenvalue weighted by molar-refractivity contribution is -0.128. The van der Waals surface area contributed by atoms with Crippen LogP contribution in [0.3, 0.4) is 0 Å². The number of fused-ring (bicyclic) bond motifs is 1. The summed E-state index contributed by atoms with van der Waals surface area (Å²) in [6, 6.07) is 10.1. The fraction of sp³-hybridized carbons (Fsp3) is 0.316. The fourth-order valence-electron chi connectivity index (χ4n) is 3.16. The molecule has 0 aliphatic carbocycles. The van der Waals surface area contributed by atoms with Crippen LogP contribution < -0.4 is 4.74 Å². The van der Waals surface area contributed by atoms with E-state index in [0.717, 1.165) is 30.7 Å². The normalized spacial score (nSPS) is 17.3. The molecule has 4 heteroatoms. The van der Waals surface area contributed by atoms with Crippen LogP contribution in [0.4, 0.5) is 0 Å². The summed E-state index contributed by atoms with van der Waals surface area (Å²) >= 11 is 1.80. The summed E-state index contributed by atoms with van der Waals surface area (Å²) in [6.45, 7) is 2.93. The Hall–Kier alpha value is -2.07. The van der Waals surface area contributed by atoms with Crippen molar-refractivity contribution in [2.75, 3.05) is 13.7 Å². The Labute approximate surface area is 141 Å². The van der Waals surface area contributed by atoms with Gasteiger partial charge in [-0.3, -0.25) is 4.79 Å². The van der Waals surface area contributed by atoms with Gasteiger partial charge in [-0.25, -0.2) is 0 Å². The van der Waals surface area contributed by atoms with Crippen molar-refractivity contribution in [3.63, 3.8) is 0 Å². The number of methoxy groups -OCH3 is 1. The van der Waals surface area contributed by atoms with Crippen molar-refractivity contribution in [2.24, 2.45) is 0 Å². The van der Waals surface area contributed by atoms with Crippen molar-refractivity contribution in [3.05, 3.63) is 57.8 Å². The molecule has 1 aromatic carbocycles. The first kappa shape index (κ1) is 15.8. The summed E-state index contributed by atoms with van der Waals surface area (Å²) in [4.78, 5) is 16.1. The SMILES string of the molecule is CCC1c2ccsc2CCN1C(=O)/C=C/c1ccccc1OC. The second-order valence-corrected chi connectivity index (χ2v) is 6.58. The van der Waals surface area contributed by atoms with E-state index < -0.39 is 0 Å². The lowest BCUT2D eigenvalue weighted by Gasteiger charge is -2.34. The molecule has 0 spiro atoms. The molecular weight excluding hydrogens is 306 g/mol. The number of benzene rings is 1. The van der Waals surface area contributed by atoms with Gasteiger partial charge in [-0.1, -0.05) is 25.1 Å². The van der Waals surface area contributed by atoms with Gasteiger partial charge in [-0.05, 0) is 42.0 Å². The maximum absolute atomic E-state index is 12.7. The third-order valence-corrected chi connectivity index (χ3v) is 5.31. The number of amides is 1. The van der Waals surface area contributed by atoms with Crippen LogP contribution >= 0.6 is 11.3 Å². The zero-order chi connectivity index (χ0) is 16.2. The topological polar surface area (TPSA) is 29.5 Å². The standard InChI is InChI=1S/C19H21NO2S/c1-3-16-15-11-13-23-18(15)10-12-20(16)19(21)9-8-14-6-4-5-7-17(14)22-2/h4-9,11,13,16H,3,10,12H2,1-2H3/b9-8+. The van der Waals surface area contributed by atoms with Crippen molar-refractivity contribution >= 4 is 23.3 Å². The minimum absolute atomic E-state index is 0.0691. The predicted molar refractivity (Wildman–Crippen MR) is 94.8 cm³/mol. The van der Waals surface area contributed by atoms with E-state index in [1.165, 1.54) is 10.4 Å². The number of nitrogens with zero attached hydrogens (tertiary/aromatic N) is 1. The van der Waals surface area contributed by atoms with Gasteiger partial charge in [0.15, 0.2) is 0 Å². The van der Waals surface area contributed by atoms with E-state index in [9.17, 15) is 4.79 Å². The van der Waals surface area contributed by atoms with Gasteiger partial charge in [0.25, 0.3) is 0 Å². The smallest absolute Gasteiger partial charge is 0.247 e. The predicted octanol–water partition coefficient (Wildman–Crippen LogP) is 4.31. The maximum atomic E-state index is 12.7. The van der Waals surface area contributed by atoms with Crippen LogP contribution in [0.15, 0.2) is 41.8 Å². The van der Waals surface area contributed by atoms with Crippen LogP contribution in [0.2, 0.25) is 0 Å². The first-order valence-electron chi connectivity index (χ1n) is 7.92. The van der Waals surface area contributed by atoms with Crippen LogP contribution in [0.25, 0.3) is 6.08 Å². The number of thiophene rings is 1. The van der Waals surface area contributed by atoms with Crippen LogP contribution in [0.5, 0.6) is 5.75 Å². The van der Waals surface area contributed by atoms with Gasteiger partial charge in [-0.15, -0.1) is 11.3 Å². The first-order valence-corrected chi connectivity index (χ1v) is 8.80. The van der Waals surface area contributed by atoms with Crippen LogP contribution in [-0.2, 0) is 11.2 Å². The van der Waals surface area contributed by atoms with Crippen molar-refractivity contribution in [2.45, 2.75) is 25.8 Å². The summed E-state index contributed by atoms with van der Waals surface area (Å²) in [5.41, 5.74) is 2.24. The highest BCUT2D eigenvalue weighted by molar-refractivity contribution is 7.10. The van der Waals surface area contributed by atoms with Gasteiger partial charge in [-0.2, -0.15) is 0 Å². The Kier molecular flexibility index (Phi) is 4.82. The average molecular weight is 327 g/mol. The molecule has 0 fully saturated rings. The van der Waals surface area contributed by atoms with E-state index >= 15 is 0 Å². The van der Waals surface area contributed by atoms with Gasteiger partial charge in [0.2, 0.25) is 5.91 Å². The highest BCUT2D eigenvalue weighted by Crippen LogP contribution is 2.35. The molecule has 2 aromatic rings. The molecule has 0 bridgehead atoms. The summed E-state index contributed by atoms with van der Waals surface area (Å²) < 4.78 is 5.33. The second-order valence-electron chi connectivity index (χ2n) is 5.58. The fourth-order valence-corrected chi connectivity index (χ4v) is 4.09. The molecule has 1 aliphatic rings. The van der Waals surface area contributed by atoms with Gasteiger partial charge in [0, 0.05) is 23.1 Å². The van der Waals surface area contributed by atoms with E-state index in [-0.39, 0.29) is 11.9 Å². The van der Waals surface area contributed by atoms with E-state index in [1.54, 1.807) is 24.5 Å². The van der Waals surface area contributed by atoms with E-state index in [4.69, 9.17) is 4.74 Å². The van der Waals surface area contributed by atoms with E-state index in [1.807, 2.05) is 35.2 Å². The van der Waals surface area contributed by atoms with Crippen molar-refractivity contribution in [3.8, 4) is 5.75 Å². The van der Waals surface area contributed by atoms with Gasteiger partial charge in [0.1, 0.15) is 5.75 Å². The summed E-state index contributed by atoms with van der Waals surface area (Å²) in [5, 5.41) is 2.13. The lowest BCUT2D eigenvalue weighted by Crippen LogP contribution is -2.38. The molecule has 3 rings (SSSR count). The molecule has 3 nitrogen and oxygen atoms in total. The minimum atomic E-state index is 0.0691. The Morgan fingerprint density at radius 1 is 1.39 bits per heavy atom. The molecule has 120 valence electrons. The highest BCUT2D eigenvalue weighted by atomic mass is 32.1. The quantitative estimate of drug-likeness (QED) is 0.783. The van der Waals surface area contributed by atoms with E-state index in [2.05, 4.69) is 18.4 Å². The van der Waals surface area contributed by atoms with E-state index in [0.29, 0.717) is 0 Å². The van der Waals surface area contributed by atoms with Crippen LogP contribution in [0, 0.1) is 0 Å². The van der Waals surface area contributed by atoms with Crippen molar-refractivity contribution in [1.82, 2.24) is 4.90 Å². The Bertz CT molecular complexity index is 720. The third kappa shape index (κ3) is 3.17. The molecule has 0 radical (unpaired) electrons. The Morgan fingerprint density at radius 2 is 2.22 bits per heavy atom. The number of para-hydroxylation sites is 1. The van der Waals surface area contributed by atoms with Gasteiger partial charge >= 0.3 is 0 Å². The molecule has 0 saturated heterocycles. The zero-order valence-corrected chi connectivity index (χ0v) is 14.3. The van der Waals surface area contributed by atoms with Crippen LogP contribution in [0.1, 0.15) is 35.4 Å². The number of hydrogen-bond acceptors (Lipinski definition) is 3. The summed E-state index contributed by atoms with van der Waals surface area (Å²) in [7, 11) is 1.64. The number of hydrogen-bond donors (Lipinski definition) is 0. The molecule has 1 amide bonds. The Balaban J connectivity index is 1.79. The number of carbonyl (C=O) groups is 1. The average Bonchev–Trinajstić information content (AvgIpc) is 3.07. The molecule has 0 saturated carbocycles. The number of ether oxygens (including phenoxy) is 1. The summed E-state index contributed by atoms with van der Waals surface area (Å²) in [6.07, 6.45) is 5.41. The molecule has 1 aromatic heterocycles. The zero-order valence-electron chi connectivity index (χ0n) is 13.5. The third-order valence-electron chi connectivity index (χ3n) is 4.31. The van der Waals surface area contributed by atoms with Gasteiger partial charge in [0.05, 0.1) is 13.2 Å². The van der Waals surface area contributed by atoms with Crippen LogP contribution in [-0.4, -0.2) is 24.5 Å². The molecule has 23 heavy (non-hydrogen) atoms. The van der Waals surface area contributed by atoms with Gasteiger partial charge < -0.3 is 9.64 Å². The first-order chi connectivity index (χ1) is 11.2. The molecular formula is C19H21NO2S. The largest absolute Gasteiger partial charge is 0.496 e. The number of carbonyl (C=O) groups excluding carboxylic acids is 1. The highest BCUT2D eigenvalue weighted by Gasteiger charge is 2.29. The summed E-state index contributed by atoms with van der Waals surface area (Å²) in [5.74, 6) is 0.849. The molecule has 1 unspecified atom stereocenters. The van der Waals surface area contributed by atoms with Crippen molar-refractivity contribution < 1.29 is 9.53 Å². The lowest BCUT2D eigenvalue weighted by atomic mass is 9.97. The maximum Gasteiger partial charge on any atom is 0.247 e. The number of rotatable bonds is 4. The molecule has 1 atom stereocenters. The molecule has 2 heterocycles. The molecule has 0 N–H and O–H groups in total. The Morgan fingerprint density at radius 3 is 3.00 bits per heavy atom. The minimum Gasteiger partial charge on any atom is -0.496 e. The second kappa shape index (κ2) is 7.01. The van der Waals surface area contributed by atoms with Crippen molar-refractivity contribution in [1.29, 1.82) is 0 Å². The monoisotopic (exact) mass is 327 g/mol. The molecule has 1 aliphatic heterocycles.